The van der Waals surface area contributed by atoms with E-state index in [1.54, 1.807) is 16.7 Å². The van der Waals surface area contributed by atoms with Crippen LogP contribution in [-0.2, 0) is 16.1 Å². The van der Waals surface area contributed by atoms with Crippen molar-refractivity contribution in [2.75, 3.05) is 22.9 Å². The van der Waals surface area contributed by atoms with Crippen molar-refractivity contribution in [2.24, 2.45) is 5.92 Å². The fraction of sp³-hybridized carbons (Fsp3) is 0.700. The van der Waals surface area contributed by atoms with Gasteiger partial charge in [-0.1, -0.05) is 27.2 Å². The molecule has 0 aliphatic carbocycles. The van der Waals surface area contributed by atoms with Crippen LogP contribution in [0.5, 0.6) is 0 Å². The third kappa shape index (κ3) is 3.89. The van der Waals surface area contributed by atoms with E-state index in [1.165, 1.54) is 9.47 Å². The van der Waals surface area contributed by atoms with E-state index >= 15 is 0 Å². The van der Waals surface area contributed by atoms with Gasteiger partial charge in [-0.2, -0.15) is 0 Å². The summed E-state index contributed by atoms with van der Waals surface area (Å²) in [6.07, 6.45) is 2.69. The van der Waals surface area contributed by atoms with Crippen LogP contribution in [0.2, 0.25) is 0 Å². The number of nitrogen functional groups attached to an aromatic ring is 1. The topological polar surface area (TPSA) is 121 Å². The van der Waals surface area contributed by atoms with Crippen molar-refractivity contribution in [1.29, 1.82) is 0 Å². The van der Waals surface area contributed by atoms with Crippen LogP contribution in [0.1, 0.15) is 53.4 Å². The minimum Gasteiger partial charge on any atom is -0.383 e. The molecule has 0 spiro atoms. The maximum absolute atomic E-state index is 13.6. The molecule has 10 heteroatoms. The molecule has 1 aromatic rings. The molecule has 2 amide bonds. The fourth-order valence-electron chi connectivity index (χ4n) is 4.22. The number of thioether (sulfide) groups is 1. The number of anilines is 2. The molecule has 0 radical (unpaired) electrons. The molecule has 166 valence electrons. The summed E-state index contributed by atoms with van der Waals surface area (Å²) in [5.41, 5.74) is 5.00. The zero-order valence-corrected chi connectivity index (χ0v) is 18.9. The van der Waals surface area contributed by atoms with Gasteiger partial charge in [0.15, 0.2) is 5.69 Å². The van der Waals surface area contributed by atoms with E-state index in [0.29, 0.717) is 31.6 Å². The number of amides is 2. The third-order valence-corrected chi connectivity index (χ3v) is 7.27. The number of fused-ring (bicyclic) bond motifs is 1. The Balaban J connectivity index is 2.05. The second-order valence-electron chi connectivity index (χ2n) is 8.61. The van der Waals surface area contributed by atoms with Crippen LogP contribution in [0.3, 0.4) is 0 Å². The zero-order valence-electron chi connectivity index (χ0n) is 18.1. The molecule has 1 aromatic heterocycles. The number of nitrogens with two attached hydrogens (primary N) is 1. The summed E-state index contributed by atoms with van der Waals surface area (Å²) in [6, 6.07) is -0.649. The molecule has 0 saturated carbocycles. The number of aromatic nitrogens is 2. The largest absolute Gasteiger partial charge is 0.383 e. The second kappa shape index (κ2) is 8.49. The molecule has 0 aromatic carbocycles. The van der Waals surface area contributed by atoms with Crippen molar-refractivity contribution < 1.29 is 9.59 Å². The predicted molar refractivity (Wildman–Crippen MR) is 119 cm³/mol. The summed E-state index contributed by atoms with van der Waals surface area (Å²) in [7, 11) is 0. The molecule has 2 atom stereocenters. The zero-order chi connectivity index (χ0) is 22.2. The number of hydrogen-bond acceptors (Lipinski definition) is 6. The molecule has 2 aliphatic heterocycles. The molecule has 0 unspecified atom stereocenters. The molecule has 9 nitrogen and oxygen atoms in total. The van der Waals surface area contributed by atoms with Crippen LogP contribution < -0.4 is 21.9 Å². The summed E-state index contributed by atoms with van der Waals surface area (Å²) in [5, 5.41) is 0. The van der Waals surface area contributed by atoms with Crippen molar-refractivity contribution in [1.82, 2.24) is 14.5 Å². The highest BCUT2D eigenvalue weighted by Crippen LogP contribution is 2.47. The van der Waals surface area contributed by atoms with Gasteiger partial charge < -0.3 is 15.5 Å². The number of aromatic amines is 1. The minimum absolute atomic E-state index is 0.00495. The summed E-state index contributed by atoms with van der Waals surface area (Å²) in [5.74, 6) is 0.155. The van der Waals surface area contributed by atoms with Crippen LogP contribution in [0.25, 0.3) is 0 Å². The van der Waals surface area contributed by atoms with E-state index in [9.17, 15) is 19.2 Å². The van der Waals surface area contributed by atoms with E-state index in [4.69, 9.17) is 5.73 Å². The lowest BCUT2D eigenvalue weighted by Gasteiger charge is -2.34. The minimum atomic E-state index is -0.680. The number of H-pyrrole nitrogens is 1. The van der Waals surface area contributed by atoms with E-state index < -0.39 is 22.2 Å². The summed E-state index contributed by atoms with van der Waals surface area (Å²) < 4.78 is 1.31. The number of carbonyl (C=O) groups is 2. The first-order valence-corrected chi connectivity index (χ1v) is 11.5. The highest BCUT2D eigenvalue weighted by Gasteiger charge is 2.54. The van der Waals surface area contributed by atoms with Crippen molar-refractivity contribution in [2.45, 2.75) is 70.8 Å². The van der Waals surface area contributed by atoms with Gasteiger partial charge in [0.25, 0.3) is 11.5 Å². The van der Waals surface area contributed by atoms with Gasteiger partial charge in [0.2, 0.25) is 5.91 Å². The van der Waals surface area contributed by atoms with E-state index in [1.807, 2.05) is 27.7 Å². The number of unbranched alkanes of at least 4 members (excludes halogenated alkanes) is 1. The normalized spacial score (nSPS) is 23.3. The highest BCUT2D eigenvalue weighted by atomic mass is 32.2. The van der Waals surface area contributed by atoms with Gasteiger partial charge in [-0.05, 0) is 25.7 Å². The highest BCUT2D eigenvalue weighted by molar-refractivity contribution is 8.01. The molecular weight excluding hydrogens is 406 g/mol. The molecule has 2 saturated heterocycles. The Hall–Kier alpha value is -2.23. The number of rotatable bonds is 7. The summed E-state index contributed by atoms with van der Waals surface area (Å²) in [6.45, 7) is 8.46. The summed E-state index contributed by atoms with van der Waals surface area (Å²) in [4.78, 5) is 56.2. The Labute approximate surface area is 180 Å². The number of hydrogen-bond donors (Lipinski definition) is 2. The van der Waals surface area contributed by atoms with Crippen LogP contribution in [0.15, 0.2) is 9.59 Å². The smallest absolute Gasteiger partial charge is 0.330 e. The third-order valence-electron chi connectivity index (χ3n) is 5.76. The molecule has 3 rings (SSSR count). The van der Waals surface area contributed by atoms with E-state index in [-0.39, 0.29) is 35.8 Å². The number of nitrogens with one attached hydrogen (secondary N) is 1. The van der Waals surface area contributed by atoms with Gasteiger partial charge in [-0.25, -0.2) is 4.79 Å². The van der Waals surface area contributed by atoms with Gasteiger partial charge in [0.05, 0.1) is 4.87 Å². The maximum atomic E-state index is 13.6. The van der Waals surface area contributed by atoms with Crippen LogP contribution >= 0.6 is 11.8 Å². The standard InChI is InChI=1S/C20H31N5O4S/c1-5-6-9-23-16(21)15(17(27)22-19(23)29)24(10-12(2)3)18(28)13-11-30-20(4)8-7-14(26)25(13)20/h12-13H,5-11,21H2,1-4H3,(H,22,27,29)/t13-,20-/m1/s1. The fourth-order valence-corrected chi connectivity index (χ4v) is 5.64. The average molecular weight is 438 g/mol. The molecule has 2 fully saturated rings. The molecule has 30 heavy (non-hydrogen) atoms. The quantitative estimate of drug-likeness (QED) is 0.664. The lowest BCUT2D eigenvalue weighted by molar-refractivity contribution is -0.136. The Morgan fingerprint density at radius 2 is 2.07 bits per heavy atom. The van der Waals surface area contributed by atoms with Crippen LogP contribution in [0, 0.1) is 5.92 Å². The molecule has 3 heterocycles. The lowest BCUT2D eigenvalue weighted by Crippen LogP contribution is -2.53. The molecule has 3 N–H and O–H groups in total. The lowest BCUT2D eigenvalue weighted by atomic mass is 10.1. The van der Waals surface area contributed by atoms with Crippen LogP contribution in [-0.4, -0.2) is 49.5 Å². The first kappa shape index (κ1) is 22.5. The maximum Gasteiger partial charge on any atom is 0.330 e. The van der Waals surface area contributed by atoms with Crippen molar-refractivity contribution in [3.05, 3.63) is 20.8 Å². The first-order valence-electron chi connectivity index (χ1n) is 10.5. The van der Waals surface area contributed by atoms with Gasteiger partial charge in [0, 0.05) is 25.3 Å². The summed E-state index contributed by atoms with van der Waals surface area (Å²) >= 11 is 1.60. The van der Waals surface area contributed by atoms with Crippen LogP contribution in [0.4, 0.5) is 11.5 Å². The second-order valence-corrected chi connectivity index (χ2v) is 10.1. The van der Waals surface area contributed by atoms with Crippen molar-refractivity contribution >= 4 is 35.1 Å². The van der Waals surface area contributed by atoms with E-state index in [2.05, 4.69) is 4.98 Å². The SMILES string of the molecule is CCCCn1c(N)c(N(CC(C)C)C(=O)[C@H]2CS[C@]3(C)CCC(=O)N23)c(=O)[nH]c1=O. The van der Waals surface area contributed by atoms with E-state index in [0.717, 1.165) is 6.42 Å². The molecular formula is C20H31N5O4S. The predicted octanol–water partition coefficient (Wildman–Crippen LogP) is 1.36. The first-order chi connectivity index (χ1) is 14.1. The van der Waals surface area contributed by atoms with Gasteiger partial charge in [-0.15, -0.1) is 11.8 Å². The van der Waals surface area contributed by atoms with Crippen molar-refractivity contribution in [3.63, 3.8) is 0 Å². The monoisotopic (exact) mass is 437 g/mol. The Bertz CT molecular complexity index is 955. The molecule has 2 aliphatic rings. The number of nitrogens with zero attached hydrogens (tertiary/aromatic N) is 3. The molecule has 0 bridgehead atoms. The van der Waals surface area contributed by atoms with Gasteiger partial charge in [-0.3, -0.25) is 23.9 Å². The van der Waals surface area contributed by atoms with Crippen molar-refractivity contribution in [3.8, 4) is 0 Å². The number of carbonyl (C=O) groups excluding carboxylic acids is 2. The Kier molecular flexibility index (Phi) is 6.35. The Morgan fingerprint density at radius 1 is 1.37 bits per heavy atom. The Morgan fingerprint density at radius 3 is 2.70 bits per heavy atom. The van der Waals surface area contributed by atoms with Gasteiger partial charge in [0.1, 0.15) is 11.9 Å². The van der Waals surface area contributed by atoms with Gasteiger partial charge >= 0.3 is 5.69 Å². The average Bonchev–Trinajstić information content (AvgIpc) is 3.15.